The minimum Gasteiger partial charge on any atom is -0.497 e. The second kappa shape index (κ2) is 10.7. The number of Topliss-reactive ketones (excluding diaryl/α,β-unsaturated/α-hetero) is 1. The van der Waals surface area contributed by atoms with Gasteiger partial charge in [0.05, 0.1) is 12.7 Å². The highest BCUT2D eigenvalue weighted by atomic mass is 16.5. The Balaban J connectivity index is 1.48. The highest BCUT2D eigenvalue weighted by Crippen LogP contribution is 2.36. The number of methoxy groups -OCH3 is 1. The minimum atomic E-state index is -0.456. The summed E-state index contributed by atoms with van der Waals surface area (Å²) in [7, 11) is 1.68. The number of benzene rings is 4. The van der Waals surface area contributed by atoms with Gasteiger partial charge in [0.2, 0.25) is 0 Å². The fourth-order valence-electron chi connectivity index (χ4n) is 4.59. The number of esters is 1. The zero-order valence-corrected chi connectivity index (χ0v) is 22.9. The number of carbonyl (C=O) groups excluding carboxylic acids is 2. The van der Waals surface area contributed by atoms with E-state index in [2.05, 4.69) is 64.1 Å². The first-order valence-electron chi connectivity index (χ1n) is 12.7. The van der Waals surface area contributed by atoms with Crippen LogP contribution in [0.25, 0.3) is 0 Å². The summed E-state index contributed by atoms with van der Waals surface area (Å²) in [6, 6.07) is 31.1. The van der Waals surface area contributed by atoms with E-state index >= 15 is 0 Å². The van der Waals surface area contributed by atoms with Gasteiger partial charge in [-0.25, -0.2) is 4.79 Å². The highest BCUT2D eigenvalue weighted by molar-refractivity contribution is 5.96. The summed E-state index contributed by atoms with van der Waals surface area (Å²) in [4.78, 5) is 24.0. The van der Waals surface area contributed by atoms with Crippen molar-refractivity contribution in [3.8, 4) is 11.5 Å². The fourth-order valence-corrected chi connectivity index (χ4v) is 4.59. The topological polar surface area (TPSA) is 52.6 Å². The van der Waals surface area contributed by atoms with Crippen LogP contribution in [0.4, 0.5) is 0 Å². The average molecular weight is 507 g/mol. The molecule has 38 heavy (non-hydrogen) atoms. The lowest BCUT2D eigenvalue weighted by molar-refractivity contribution is 0.0734. The summed E-state index contributed by atoms with van der Waals surface area (Å²) in [5.74, 6) is 0.827. The molecule has 4 aromatic carbocycles. The van der Waals surface area contributed by atoms with Gasteiger partial charge < -0.3 is 9.47 Å². The predicted octanol–water partition coefficient (Wildman–Crippen LogP) is 7.77. The van der Waals surface area contributed by atoms with Gasteiger partial charge in [-0.15, -0.1) is 0 Å². The molecule has 0 fully saturated rings. The Morgan fingerprint density at radius 2 is 0.868 bits per heavy atom. The van der Waals surface area contributed by atoms with Crippen molar-refractivity contribution in [2.24, 2.45) is 0 Å². The second-order valence-electron chi connectivity index (χ2n) is 10.6. The number of carbonyl (C=O) groups is 2. The molecular weight excluding hydrogens is 472 g/mol. The molecule has 0 saturated heterocycles. The van der Waals surface area contributed by atoms with Crippen molar-refractivity contribution in [3.63, 3.8) is 0 Å². The molecule has 0 aromatic heterocycles. The maximum absolute atomic E-state index is 12.5. The third-order valence-corrected chi connectivity index (χ3v) is 7.45. The van der Waals surface area contributed by atoms with E-state index in [9.17, 15) is 9.59 Å². The lowest BCUT2D eigenvalue weighted by Crippen LogP contribution is -2.21. The van der Waals surface area contributed by atoms with E-state index in [0.29, 0.717) is 16.9 Å². The molecule has 0 aliphatic heterocycles. The van der Waals surface area contributed by atoms with Gasteiger partial charge in [-0.2, -0.15) is 0 Å². The maximum Gasteiger partial charge on any atom is 0.343 e. The molecule has 194 valence electrons. The van der Waals surface area contributed by atoms with Crippen LogP contribution in [0.1, 0.15) is 77.6 Å². The molecule has 4 nitrogen and oxygen atoms in total. The van der Waals surface area contributed by atoms with Gasteiger partial charge in [0.1, 0.15) is 11.5 Å². The van der Waals surface area contributed by atoms with Gasteiger partial charge in [-0.05, 0) is 65.6 Å². The van der Waals surface area contributed by atoms with Crippen molar-refractivity contribution in [3.05, 3.63) is 130 Å². The van der Waals surface area contributed by atoms with E-state index < -0.39 is 5.97 Å². The zero-order chi connectivity index (χ0) is 27.5. The average Bonchev–Trinajstić information content (AvgIpc) is 2.93. The number of ketones is 1. The molecule has 4 heteroatoms. The van der Waals surface area contributed by atoms with Crippen molar-refractivity contribution in [2.45, 2.75) is 45.4 Å². The molecule has 0 atom stereocenters. The van der Waals surface area contributed by atoms with E-state index in [1.165, 1.54) is 23.6 Å². The quantitative estimate of drug-likeness (QED) is 0.139. The Kier molecular flexibility index (Phi) is 7.54. The van der Waals surface area contributed by atoms with Gasteiger partial charge in [-0.1, -0.05) is 88.4 Å². The van der Waals surface area contributed by atoms with E-state index in [0.717, 1.165) is 11.3 Å². The van der Waals surface area contributed by atoms with Crippen LogP contribution in [0.15, 0.2) is 97.1 Å². The smallest absolute Gasteiger partial charge is 0.343 e. The number of rotatable bonds is 8. The lowest BCUT2D eigenvalue weighted by atomic mass is 9.74. The largest absolute Gasteiger partial charge is 0.497 e. The first-order valence-corrected chi connectivity index (χ1v) is 12.7. The maximum atomic E-state index is 12.5. The Bertz CT molecular complexity index is 1410. The molecule has 0 bridgehead atoms. The molecule has 0 unspecified atom stereocenters. The van der Waals surface area contributed by atoms with E-state index in [4.69, 9.17) is 9.47 Å². The van der Waals surface area contributed by atoms with Crippen LogP contribution < -0.4 is 9.47 Å². The van der Waals surface area contributed by atoms with Crippen LogP contribution in [0.2, 0.25) is 0 Å². The molecular formula is C34H34O4. The Hall–Kier alpha value is -4.18. The fraction of sp³-hybridized carbons (Fsp3) is 0.235. The van der Waals surface area contributed by atoms with Crippen molar-refractivity contribution in [1.82, 2.24) is 0 Å². The van der Waals surface area contributed by atoms with Gasteiger partial charge in [0.25, 0.3) is 0 Å². The molecule has 0 amide bonds. The lowest BCUT2D eigenvalue weighted by Gasteiger charge is -2.29. The molecule has 0 N–H and O–H groups in total. The summed E-state index contributed by atoms with van der Waals surface area (Å²) >= 11 is 0. The summed E-state index contributed by atoms with van der Waals surface area (Å²) in [6.07, 6.45) is 0. The molecule has 0 aliphatic carbocycles. The SMILES string of the molecule is COc1ccc(C(C)(C)c2ccc(C(C)(C)c3ccc(OC(=O)c4ccc(C(C)=O)cc4)cc3)cc2)cc1. The van der Waals surface area contributed by atoms with Crippen molar-refractivity contribution in [2.75, 3.05) is 7.11 Å². The Morgan fingerprint density at radius 3 is 1.24 bits per heavy atom. The highest BCUT2D eigenvalue weighted by Gasteiger charge is 2.26. The molecule has 0 heterocycles. The summed E-state index contributed by atoms with van der Waals surface area (Å²) < 4.78 is 10.9. The van der Waals surface area contributed by atoms with Gasteiger partial charge in [-0.3, -0.25) is 4.79 Å². The van der Waals surface area contributed by atoms with Crippen LogP contribution in [0.3, 0.4) is 0 Å². The number of hydrogen-bond acceptors (Lipinski definition) is 4. The van der Waals surface area contributed by atoms with Gasteiger partial charge in [0.15, 0.2) is 5.78 Å². The third-order valence-electron chi connectivity index (χ3n) is 7.45. The standard InChI is InChI=1S/C34H34O4/c1-23(35)24-7-9-25(10-8-24)32(36)38-31-21-17-29(18-22-31)34(4,5)27-13-11-26(12-14-27)33(2,3)28-15-19-30(37-6)20-16-28/h7-22H,1-6H3. The normalized spacial score (nSPS) is 11.6. The molecule has 4 aromatic rings. The summed E-state index contributed by atoms with van der Waals surface area (Å²) in [6.45, 7) is 10.3. The third kappa shape index (κ3) is 5.55. The molecule has 0 saturated carbocycles. The van der Waals surface area contributed by atoms with Crippen molar-refractivity contribution in [1.29, 1.82) is 0 Å². The van der Waals surface area contributed by atoms with Gasteiger partial charge in [0, 0.05) is 16.4 Å². The first kappa shape index (κ1) is 26.9. The minimum absolute atomic E-state index is 0.0429. The van der Waals surface area contributed by atoms with Gasteiger partial charge >= 0.3 is 5.97 Å². The second-order valence-corrected chi connectivity index (χ2v) is 10.6. The first-order chi connectivity index (χ1) is 18.0. The van der Waals surface area contributed by atoms with E-state index in [1.54, 1.807) is 31.4 Å². The molecule has 0 aliphatic rings. The van der Waals surface area contributed by atoms with E-state index in [-0.39, 0.29) is 16.6 Å². The molecule has 0 spiro atoms. The zero-order valence-electron chi connectivity index (χ0n) is 22.9. The molecule has 0 radical (unpaired) electrons. The van der Waals surface area contributed by atoms with Crippen molar-refractivity contribution < 1.29 is 19.1 Å². The summed E-state index contributed by atoms with van der Waals surface area (Å²) in [5.41, 5.74) is 5.35. The molecule has 4 rings (SSSR count). The van der Waals surface area contributed by atoms with Crippen LogP contribution >= 0.6 is 0 Å². The number of hydrogen-bond donors (Lipinski definition) is 0. The Labute approximate surface area is 225 Å². The van der Waals surface area contributed by atoms with Crippen LogP contribution in [-0.2, 0) is 10.8 Å². The summed E-state index contributed by atoms with van der Waals surface area (Å²) in [5, 5.41) is 0. The van der Waals surface area contributed by atoms with Crippen LogP contribution in [0.5, 0.6) is 11.5 Å². The van der Waals surface area contributed by atoms with Crippen LogP contribution in [-0.4, -0.2) is 18.9 Å². The Morgan fingerprint density at radius 1 is 0.526 bits per heavy atom. The van der Waals surface area contributed by atoms with E-state index in [1.807, 2.05) is 36.4 Å². The number of ether oxygens (including phenoxy) is 2. The monoisotopic (exact) mass is 506 g/mol. The predicted molar refractivity (Wildman–Crippen MR) is 152 cm³/mol. The van der Waals surface area contributed by atoms with Crippen LogP contribution in [0, 0.1) is 0 Å². The van der Waals surface area contributed by atoms with Crippen molar-refractivity contribution >= 4 is 11.8 Å².